The van der Waals surface area contributed by atoms with E-state index in [1.165, 1.54) is 0 Å². The van der Waals surface area contributed by atoms with Gasteiger partial charge in [-0.05, 0) is 50.6 Å². The highest BCUT2D eigenvalue weighted by molar-refractivity contribution is 9.10. The molecule has 2 aromatic rings. The van der Waals surface area contributed by atoms with E-state index >= 15 is 0 Å². The molecule has 7 heteroatoms. The van der Waals surface area contributed by atoms with Gasteiger partial charge in [0.15, 0.2) is 0 Å². The third kappa shape index (κ3) is 11.5. The summed E-state index contributed by atoms with van der Waals surface area (Å²) in [6, 6.07) is 14.0. The van der Waals surface area contributed by atoms with Gasteiger partial charge < -0.3 is 15.2 Å². The molecule has 2 aromatic carbocycles. The Morgan fingerprint density at radius 1 is 1.11 bits per heavy atom. The first-order valence-electron chi connectivity index (χ1n) is 8.88. The number of rotatable bonds is 3. The summed E-state index contributed by atoms with van der Waals surface area (Å²) in [6.45, 7) is 9.09. The van der Waals surface area contributed by atoms with E-state index in [9.17, 15) is 9.90 Å². The first-order valence-corrected chi connectivity index (χ1v) is 10.4. The first-order chi connectivity index (χ1) is 13.1. The molecule has 2 rings (SSSR count). The Labute approximate surface area is 186 Å². The summed E-state index contributed by atoms with van der Waals surface area (Å²) in [5.74, 6) is 0. The average Bonchev–Trinajstić information content (AvgIpc) is 2.61. The zero-order valence-electron chi connectivity index (χ0n) is 16.8. The Balaban J connectivity index is 0.000000670. The fourth-order valence-corrected chi connectivity index (χ4v) is 2.97. The fraction of sp³-hybridized carbons (Fsp3) is 0.381. The Morgan fingerprint density at radius 2 is 1.68 bits per heavy atom. The van der Waals surface area contributed by atoms with Gasteiger partial charge in [0.1, 0.15) is 5.60 Å². The molecular weight excluding hydrogens is 465 g/mol. The number of alkyl carbamates (subject to hydrolysis) is 1. The summed E-state index contributed by atoms with van der Waals surface area (Å²) in [5, 5.41) is 13.4. The van der Waals surface area contributed by atoms with E-state index in [1.54, 1.807) is 39.0 Å². The smallest absolute Gasteiger partial charge is 0.408 e. The zero-order chi connectivity index (χ0) is 21.7. The number of aliphatic hydroxyl groups is 1. The van der Waals surface area contributed by atoms with Crippen LogP contribution < -0.4 is 5.32 Å². The average molecular weight is 493 g/mol. The van der Waals surface area contributed by atoms with Gasteiger partial charge in [-0.3, -0.25) is 0 Å². The van der Waals surface area contributed by atoms with E-state index in [2.05, 4.69) is 21.2 Å². The van der Waals surface area contributed by atoms with Crippen LogP contribution in [0.1, 0.15) is 46.2 Å². The molecule has 0 heterocycles. The highest BCUT2D eigenvalue weighted by Gasteiger charge is 2.21. The quantitative estimate of drug-likeness (QED) is 0.483. The summed E-state index contributed by atoms with van der Waals surface area (Å²) < 4.78 is 5.87. The number of carbonyl (C=O) groups excluding carboxylic acids is 1. The predicted octanol–water partition coefficient (Wildman–Crippen LogP) is 7.03. The molecule has 0 spiro atoms. The van der Waals surface area contributed by atoms with Gasteiger partial charge in [0, 0.05) is 14.5 Å². The second-order valence-electron chi connectivity index (χ2n) is 6.34. The second-order valence-corrected chi connectivity index (χ2v) is 8.07. The van der Waals surface area contributed by atoms with E-state index < -0.39 is 17.7 Å². The third-order valence-corrected chi connectivity index (χ3v) is 4.12. The summed E-state index contributed by atoms with van der Waals surface area (Å²) >= 11 is 14.7. The molecule has 0 saturated heterocycles. The molecule has 0 saturated carbocycles. The van der Waals surface area contributed by atoms with Crippen molar-refractivity contribution in [3.63, 3.8) is 0 Å². The van der Waals surface area contributed by atoms with Crippen LogP contribution in [0.3, 0.4) is 0 Å². The van der Waals surface area contributed by atoms with Crippen molar-refractivity contribution in [3.8, 4) is 0 Å². The molecule has 0 radical (unpaired) electrons. The Hall–Kier alpha value is -1.27. The maximum atomic E-state index is 11.7. The molecule has 4 nitrogen and oxygen atoms in total. The number of nitrogens with one attached hydrogen (secondary N) is 1. The van der Waals surface area contributed by atoms with Crippen LogP contribution in [0.4, 0.5) is 4.79 Å². The Kier molecular flexibility index (Phi) is 13.2. The minimum Gasteiger partial charge on any atom is -0.444 e. The summed E-state index contributed by atoms with van der Waals surface area (Å²) in [5.41, 5.74) is 0.152. The normalized spacial score (nSPS) is 11.2. The van der Waals surface area contributed by atoms with Crippen LogP contribution in [0.15, 0.2) is 53.0 Å². The minimum atomic E-state index is -0.582. The number of hydrogen-bond acceptors (Lipinski definition) is 3. The van der Waals surface area contributed by atoms with E-state index in [-0.39, 0.29) is 6.61 Å². The lowest BCUT2D eigenvalue weighted by Crippen LogP contribution is -2.36. The topological polar surface area (TPSA) is 58.6 Å². The van der Waals surface area contributed by atoms with Gasteiger partial charge in [0.25, 0.3) is 0 Å². The molecule has 0 aliphatic rings. The minimum absolute atomic E-state index is 0.237. The lowest BCUT2D eigenvalue weighted by molar-refractivity contribution is 0.0481. The van der Waals surface area contributed by atoms with Crippen LogP contribution in [0.5, 0.6) is 0 Å². The van der Waals surface area contributed by atoms with Gasteiger partial charge in [-0.25, -0.2) is 4.79 Å². The molecule has 0 aliphatic heterocycles. The van der Waals surface area contributed by atoms with Crippen molar-refractivity contribution in [1.82, 2.24) is 5.32 Å². The van der Waals surface area contributed by atoms with E-state index in [0.717, 1.165) is 15.1 Å². The lowest BCUT2D eigenvalue weighted by atomic mass is 10.1. The molecule has 0 bridgehead atoms. The van der Waals surface area contributed by atoms with Crippen LogP contribution in [0, 0.1) is 0 Å². The van der Waals surface area contributed by atoms with Crippen molar-refractivity contribution in [2.24, 2.45) is 0 Å². The molecule has 1 amide bonds. The van der Waals surface area contributed by atoms with E-state index in [1.807, 2.05) is 44.2 Å². The number of benzene rings is 2. The van der Waals surface area contributed by atoms with Crippen molar-refractivity contribution < 1.29 is 14.6 Å². The molecule has 1 unspecified atom stereocenters. The lowest BCUT2D eigenvalue weighted by Gasteiger charge is -2.23. The fourth-order valence-electron chi connectivity index (χ4n) is 1.87. The van der Waals surface area contributed by atoms with Crippen LogP contribution in [0.2, 0.25) is 10.0 Å². The Bertz CT molecular complexity index is 707. The number of hydrogen-bond donors (Lipinski definition) is 2. The monoisotopic (exact) mass is 491 g/mol. The molecule has 0 fully saturated rings. The summed E-state index contributed by atoms with van der Waals surface area (Å²) in [7, 11) is 0. The SMILES string of the molecule is CC.CC(C)(C)OC(=O)NC(CO)c1ccc(Cl)cc1Br.Clc1ccccc1. The maximum Gasteiger partial charge on any atom is 0.408 e. The van der Waals surface area contributed by atoms with Crippen LogP contribution in [-0.2, 0) is 4.74 Å². The van der Waals surface area contributed by atoms with Crippen molar-refractivity contribution >= 4 is 45.2 Å². The zero-order valence-corrected chi connectivity index (χ0v) is 19.9. The van der Waals surface area contributed by atoms with Gasteiger partial charge in [-0.15, -0.1) is 0 Å². The van der Waals surface area contributed by atoms with E-state index in [4.69, 9.17) is 27.9 Å². The highest BCUT2D eigenvalue weighted by atomic mass is 79.9. The van der Waals surface area contributed by atoms with Crippen molar-refractivity contribution in [2.75, 3.05) is 6.61 Å². The van der Waals surface area contributed by atoms with Crippen LogP contribution in [-0.4, -0.2) is 23.4 Å². The maximum absolute atomic E-state index is 11.7. The summed E-state index contributed by atoms with van der Waals surface area (Å²) in [6.07, 6.45) is -0.576. The van der Waals surface area contributed by atoms with E-state index in [0.29, 0.717) is 5.02 Å². The largest absolute Gasteiger partial charge is 0.444 e. The standard InChI is InChI=1S/C13H17BrClNO3.C6H5Cl.C2H6/c1-13(2,3)19-12(18)16-11(7-17)9-5-4-8(15)6-10(9)14;7-6-4-2-1-3-5-6;1-2/h4-6,11,17H,7H2,1-3H3,(H,16,18);1-5H;1-2H3. The molecule has 156 valence electrons. The number of ether oxygens (including phenoxy) is 1. The number of aliphatic hydroxyl groups excluding tert-OH is 1. The van der Waals surface area contributed by atoms with Gasteiger partial charge in [-0.1, -0.05) is 77.2 Å². The highest BCUT2D eigenvalue weighted by Crippen LogP contribution is 2.26. The van der Waals surface area contributed by atoms with Gasteiger partial charge in [-0.2, -0.15) is 0 Å². The molecule has 28 heavy (non-hydrogen) atoms. The number of halogens is 3. The number of carbonyl (C=O) groups is 1. The van der Waals surface area contributed by atoms with Gasteiger partial charge >= 0.3 is 6.09 Å². The van der Waals surface area contributed by atoms with Crippen molar-refractivity contribution in [3.05, 3.63) is 68.6 Å². The Morgan fingerprint density at radius 3 is 2.07 bits per heavy atom. The number of amides is 1. The molecular formula is C21H28BrCl2NO3. The first kappa shape index (κ1) is 26.7. The molecule has 0 aromatic heterocycles. The van der Waals surface area contributed by atoms with Gasteiger partial charge in [0.2, 0.25) is 0 Å². The molecule has 2 N–H and O–H groups in total. The van der Waals surface area contributed by atoms with Gasteiger partial charge in [0.05, 0.1) is 12.6 Å². The second kappa shape index (κ2) is 13.8. The molecule has 0 aliphatic carbocycles. The van der Waals surface area contributed by atoms with Crippen molar-refractivity contribution in [1.29, 1.82) is 0 Å². The van der Waals surface area contributed by atoms with Crippen LogP contribution in [0.25, 0.3) is 0 Å². The predicted molar refractivity (Wildman–Crippen MR) is 121 cm³/mol. The molecule has 1 atom stereocenters. The summed E-state index contributed by atoms with van der Waals surface area (Å²) in [4.78, 5) is 11.7. The van der Waals surface area contributed by atoms with Crippen LogP contribution >= 0.6 is 39.1 Å². The van der Waals surface area contributed by atoms with Crippen molar-refractivity contribution in [2.45, 2.75) is 46.3 Å². The third-order valence-electron chi connectivity index (χ3n) is 2.94.